The fraction of sp³-hybridized carbons (Fsp3) is 0.182. The van der Waals surface area contributed by atoms with E-state index in [0.717, 1.165) is 16.3 Å². The van der Waals surface area contributed by atoms with Crippen molar-refractivity contribution >= 4 is 28.3 Å². The standard InChI is InChI=1S/C22H23NO5/c1-27-12-5-6-16(11-13-28-2)9-10-21(24)23-20-15-18-8-4-3-7-17(18)14-19(20)22(25)26/h3-11,14-15H,12-13H2,1-2H3,(H,23,24)(H,25,26)/b6-5-,10-9+,16-11+. The maximum absolute atomic E-state index is 12.3. The van der Waals surface area contributed by atoms with Gasteiger partial charge in [-0.2, -0.15) is 0 Å². The number of methoxy groups -OCH3 is 2. The lowest BCUT2D eigenvalue weighted by Gasteiger charge is -2.09. The van der Waals surface area contributed by atoms with E-state index in [4.69, 9.17) is 9.47 Å². The molecule has 0 saturated carbocycles. The van der Waals surface area contributed by atoms with Gasteiger partial charge in [-0.3, -0.25) is 4.79 Å². The second-order valence-corrected chi connectivity index (χ2v) is 5.89. The minimum absolute atomic E-state index is 0.0376. The quantitative estimate of drug-likeness (QED) is 0.510. The third-order valence-corrected chi connectivity index (χ3v) is 3.86. The van der Waals surface area contributed by atoms with Gasteiger partial charge >= 0.3 is 5.97 Å². The number of allylic oxidation sites excluding steroid dienone is 3. The fourth-order valence-electron chi connectivity index (χ4n) is 2.52. The van der Waals surface area contributed by atoms with Crippen molar-refractivity contribution in [3.8, 4) is 0 Å². The highest BCUT2D eigenvalue weighted by atomic mass is 16.5. The summed E-state index contributed by atoms with van der Waals surface area (Å²) >= 11 is 0. The molecular formula is C22H23NO5. The number of benzene rings is 2. The highest BCUT2D eigenvalue weighted by molar-refractivity contribution is 6.07. The van der Waals surface area contributed by atoms with Crippen LogP contribution in [0.4, 0.5) is 5.69 Å². The summed E-state index contributed by atoms with van der Waals surface area (Å²) in [4.78, 5) is 23.9. The Labute approximate surface area is 163 Å². The summed E-state index contributed by atoms with van der Waals surface area (Å²) in [6.45, 7) is 0.843. The summed E-state index contributed by atoms with van der Waals surface area (Å²) in [5.41, 5.74) is 1.06. The highest BCUT2D eigenvalue weighted by Gasteiger charge is 2.13. The van der Waals surface area contributed by atoms with E-state index < -0.39 is 11.9 Å². The number of carbonyl (C=O) groups excluding carboxylic acids is 1. The van der Waals surface area contributed by atoms with Crippen molar-refractivity contribution in [1.29, 1.82) is 0 Å². The number of carboxylic acids is 1. The number of nitrogens with one attached hydrogen (secondary N) is 1. The SMILES string of the molecule is COC\C=C/C(/C=C/C(=O)Nc1cc2ccccc2cc1C(=O)O)=C\COC. The van der Waals surface area contributed by atoms with Gasteiger partial charge in [0.05, 0.1) is 24.5 Å². The first-order valence-electron chi connectivity index (χ1n) is 8.65. The molecule has 0 unspecified atom stereocenters. The molecule has 0 aliphatic heterocycles. The van der Waals surface area contributed by atoms with E-state index >= 15 is 0 Å². The first-order valence-corrected chi connectivity index (χ1v) is 8.65. The molecule has 1 amide bonds. The number of carboxylic acid groups (broad SMARTS) is 1. The molecule has 0 aromatic heterocycles. The minimum atomic E-state index is -1.10. The molecule has 6 heteroatoms. The number of hydrogen-bond donors (Lipinski definition) is 2. The number of aromatic carboxylic acids is 1. The lowest BCUT2D eigenvalue weighted by atomic mass is 10.0. The number of ether oxygens (including phenoxy) is 2. The molecule has 6 nitrogen and oxygen atoms in total. The van der Waals surface area contributed by atoms with Crippen LogP contribution in [0.5, 0.6) is 0 Å². The van der Waals surface area contributed by atoms with Gasteiger partial charge in [-0.1, -0.05) is 42.5 Å². The largest absolute Gasteiger partial charge is 0.478 e. The van der Waals surface area contributed by atoms with Crippen molar-refractivity contribution < 1.29 is 24.2 Å². The predicted molar refractivity (Wildman–Crippen MR) is 110 cm³/mol. The van der Waals surface area contributed by atoms with E-state index in [-0.39, 0.29) is 11.3 Å². The summed E-state index contributed by atoms with van der Waals surface area (Å²) in [5.74, 6) is -1.53. The average molecular weight is 381 g/mol. The molecule has 2 rings (SSSR count). The lowest BCUT2D eigenvalue weighted by molar-refractivity contribution is -0.111. The summed E-state index contributed by atoms with van der Waals surface area (Å²) in [6, 6.07) is 10.6. The Hall–Kier alpha value is -3.22. The Bertz CT molecular complexity index is 928. The fourth-order valence-corrected chi connectivity index (χ4v) is 2.52. The van der Waals surface area contributed by atoms with Gasteiger partial charge in [0, 0.05) is 20.3 Å². The molecule has 0 saturated heterocycles. The van der Waals surface area contributed by atoms with Crippen LogP contribution in [0.1, 0.15) is 10.4 Å². The van der Waals surface area contributed by atoms with Gasteiger partial charge in [0.2, 0.25) is 5.91 Å². The maximum Gasteiger partial charge on any atom is 0.337 e. The molecule has 0 aliphatic rings. The molecule has 0 radical (unpaired) electrons. The smallest absolute Gasteiger partial charge is 0.337 e. The number of anilines is 1. The van der Waals surface area contributed by atoms with E-state index in [1.165, 1.54) is 6.08 Å². The molecule has 0 bridgehead atoms. The first kappa shape index (κ1) is 21.1. The molecule has 2 aromatic rings. The van der Waals surface area contributed by atoms with Crippen molar-refractivity contribution in [2.24, 2.45) is 0 Å². The molecule has 146 valence electrons. The zero-order chi connectivity index (χ0) is 20.4. The normalized spacial score (nSPS) is 12.1. The second-order valence-electron chi connectivity index (χ2n) is 5.89. The van der Waals surface area contributed by atoms with E-state index in [9.17, 15) is 14.7 Å². The topological polar surface area (TPSA) is 84.9 Å². The molecule has 0 heterocycles. The zero-order valence-corrected chi connectivity index (χ0v) is 15.8. The van der Waals surface area contributed by atoms with Crippen LogP contribution in [0.2, 0.25) is 0 Å². The molecule has 28 heavy (non-hydrogen) atoms. The van der Waals surface area contributed by atoms with Crippen molar-refractivity contribution in [3.05, 3.63) is 77.9 Å². The molecule has 2 aromatic carbocycles. The van der Waals surface area contributed by atoms with Crippen LogP contribution in [-0.2, 0) is 14.3 Å². The number of carbonyl (C=O) groups is 2. The number of hydrogen-bond acceptors (Lipinski definition) is 4. The number of fused-ring (bicyclic) bond motifs is 1. The van der Waals surface area contributed by atoms with Crippen molar-refractivity contribution in [3.63, 3.8) is 0 Å². The predicted octanol–water partition coefficient (Wildman–Crippen LogP) is 3.81. The average Bonchev–Trinajstić information content (AvgIpc) is 2.69. The molecule has 0 spiro atoms. The number of rotatable bonds is 9. The van der Waals surface area contributed by atoms with Gasteiger partial charge in [-0.25, -0.2) is 4.79 Å². The molecule has 0 aliphatic carbocycles. The van der Waals surface area contributed by atoms with Gasteiger partial charge in [0.1, 0.15) is 0 Å². The van der Waals surface area contributed by atoms with Crippen LogP contribution in [0.3, 0.4) is 0 Å². The second kappa shape index (κ2) is 10.8. The summed E-state index contributed by atoms with van der Waals surface area (Å²) < 4.78 is 9.99. The molecular weight excluding hydrogens is 358 g/mol. The molecule has 0 fully saturated rings. The van der Waals surface area contributed by atoms with Crippen LogP contribution >= 0.6 is 0 Å². The van der Waals surface area contributed by atoms with Crippen LogP contribution in [0, 0.1) is 0 Å². The van der Waals surface area contributed by atoms with E-state index in [0.29, 0.717) is 13.2 Å². The van der Waals surface area contributed by atoms with Crippen molar-refractivity contribution in [2.75, 3.05) is 32.8 Å². The zero-order valence-electron chi connectivity index (χ0n) is 15.8. The van der Waals surface area contributed by atoms with Crippen LogP contribution in [-0.4, -0.2) is 44.4 Å². The van der Waals surface area contributed by atoms with Gasteiger partial charge in [-0.05, 0) is 34.6 Å². The minimum Gasteiger partial charge on any atom is -0.478 e. The van der Waals surface area contributed by atoms with E-state index in [1.54, 1.807) is 32.4 Å². The Balaban J connectivity index is 2.22. The maximum atomic E-state index is 12.3. The van der Waals surface area contributed by atoms with Gasteiger partial charge in [0.25, 0.3) is 0 Å². The van der Waals surface area contributed by atoms with Crippen LogP contribution < -0.4 is 5.32 Å². The van der Waals surface area contributed by atoms with E-state index in [2.05, 4.69) is 5.32 Å². The van der Waals surface area contributed by atoms with Gasteiger partial charge < -0.3 is 19.9 Å². The lowest BCUT2D eigenvalue weighted by Crippen LogP contribution is -2.12. The Kier molecular flexibility index (Phi) is 8.14. The Morgan fingerprint density at radius 2 is 1.68 bits per heavy atom. The third-order valence-electron chi connectivity index (χ3n) is 3.86. The molecule has 2 N–H and O–H groups in total. The Morgan fingerprint density at radius 3 is 2.32 bits per heavy atom. The van der Waals surface area contributed by atoms with Gasteiger partial charge in [0.15, 0.2) is 0 Å². The van der Waals surface area contributed by atoms with Crippen molar-refractivity contribution in [2.45, 2.75) is 0 Å². The Morgan fingerprint density at radius 1 is 1.00 bits per heavy atom. The monoisotopic (exact) mass is 381 g/mol. The van der Waals surface area contributed by atoms with E-state index in [1.807, 2.05) is 42.5 Å². The van der Waals surface area contributed by atoms with Crippen LogP contribution in [0.15, 0.2) is 72.4 Å². The highest BCUT2D eigenvalue weighted by Crippen LogP contribution is 2.24. The third kappa shape index (κ3) is 6.19. The molecule has 0 atom stereocenters. The number of amides is 1. The van der Waals surface area contributed by atoms with Crippen LogP contribution in [0.25, 0.3) is 10.8 Å². The summed E-state index contributed by atoms with van der Waals surface area (Å²) in [5, 5.41) is 13.7. The van der Waals surface area contributed by atoms with Crippen molar-refractivity contribution in [1.82, 2.24) is 0 Å². The summed E-state index contributed by atoms with van der Waals surface area (Å²) in [6.07, 6.45) is 8.41. The first-order chi connectivity index (χ1) is 13.5. The summed E-state index contributed by atoms with van der Waals surface area (Å²) in [7, 11) is 3.17. The van der Waals surface area contributed by atoms with Gasteiger partial charge in [-0.15, -0.1) is 0 Å².